The van der Waals surface area contributed by atoms with E-state index in [9.17, 15) is 13.2 Å². The third-order valence-corrected chi connectivity index (χ3v) is 5.79. The maximum absolute atomic E-state index is 13.1. The highest BCUT2D eigenvalue weighted by atomic mass is 32.2. The number of ether oxygens (including phenoxy) is 1. The van der Waals surface area contributed by atoms with E-state index < -0.39 is 10.1 Å². The van der Waals surface area contributed by atoms with Crippen molar-refractivity contribution in [3.63, 3.8) is 0 Å². The molecule has 0 aliphatic heterocycles. The molecule has 1 unspecified atom stereocenters. The van der Waals surface area contributed by atoms with Crippen LogP contribution in [0.5, 0.6) is 11.5 Å². The van der Waals surface area contributed by atoms with Crippen LogP contribution < -0.4 is 14.2 Å². The van der Waals surface area contributed by atoms with Gasteiger partial charge in [0, 0.05) is 12.6 Å². The fraction of sp³-hybridized carbons (Fsp3) is 0.409. The Morgan fingerprint density at radius 1 is 1.10 bits per heavy atom. The Labute approximate surface area is 179 Å². The number of urea groups is 1. The minimum Gasteiger partial charge on any atom is -0.492 e. The average Bonchev–Trinajstić information content (AvgIpc) is 2.73. The summed E-state index contributed by atoms with van der Waals surface area (Å²) in [5.74, 6) is 0.732. The zero-order chi connectivity index (χ0) is 22.1. The van der Waals surface area contributed by atoms with Gasteiger partial charge in [-0.2, -0.15) is 8.42 Å². The van der Waals surface area contributed by atoms with Crippen LogP contribution >= 0.6 is 0 Å². The van der Waals surface area contributed by atoms with Crippen molar-refractivity contribution in [2.24, 2.45) is 0 Å². The highest BCUT2D eigenvalue weighted by molar-refractivity contribution is 7.87. The van der Waals surface area contributed by atoms with Crippen molar-refractivity contribution in [2.45, 2.75) is 46.7 Å². The smallest absolute Gasteiger partial charge is 0.322 e. The Morgan fingerprint density at radius 2 is 1.83 bits per heavy atom. The van der Waals surface area contributed by atoms with Gasteiger partial charge in [0.1, 0.15) is 11.5 Å². The molecule has 0 fully saturated rings. The lowest BCUT2D eigenvalue weighted by Crippen LogP contribution is -2.40. The normalized spacial score (nSPS) is 12.1. The molecule has 2 amide bonds. The summed E-state index contributed by atoms with van der Waals surface area (Å²) in [6, 6.07) is 13.8. The van der Waals surface area contributed by atoms with Crippen LogP contribution in [0.4, 0.5) is 10.5 Å². The van der Waals surface area contributed by atoms with Gasteiger partial charge in [-0.25, -0.2) is 4.79 Å². The van der Waals surface area contributed by atoms with E-state index in [0.717, 1.165) is 12.0 Å². The van der Waals surface area contributed by atoms with Crippen LogP contribution in [0, 0.1) is 0 Å². The molecule has 0 bridgehead atoms. The summed E-state index contributed by atoms with van der Waals surface area (Å²) in [5, 5.41) is 2.93. The molecule has 0 aliphatic rings. The molecule has 2 aromatic carbocycles. The van der Waals surface area contributed by atoms with Crippen molar-refractivity contribution in [2.75, 3.05) is 17.7 Å². The SMILES string of the molecule is CCOc1ccccc1NC(=O)N(Cc1cccc(OS(=O)(=O)CC)c1)C(C)CC. The van der Waals surface area contributed by atoms with E-state index in [1.807, 2.05) is 45.0 Å². The summed E-state index contributed by atoms with van der Waals surface area (Å²) in [5.41, 5.74) is 1.37. The summed E-state index contributed by atoms with van der Waals surface area (Å²) in [7, 11) is -3.61. The number of hydrogen-bond acceptors (Lipinski definition) is 5. The third-order valence-electron chi connectivity index (χ3n) is 4.64. The van der Waals surface area contributed by atoms with Crippen LogP contribution in [0.1, 0.15) is 39.7 Å². The van der Waals surface area contributed by atoms with E-state index >= 15 is 0 Å². The second kappa shape index (κ2) is 10.9. The molecule has 1 atom stereocenters. The van der Waals surface area contributed by atoms with Crippen LogP contribution in [0.15, 0.2) is 48.5 Å². The van der Waals surface area contributed by atoms with Gasteiger partial charge in [-0.1, -0.05) is 31.2 Å². The van der Waals surface area contributed by atoms with Gasteiger partial charge in [-0.3, -0.25) is 0 Å². The van der Waals surface area contributed by atoms with Crippen LogP contribution in [0.2, 0.25) is 0 Å². The highest BCUT2D eigenvalue weighted by Gasteiger charge is 2.21. The first-order valence-electron chi connectivity index (χ1n) is 10.1. The van der Waals surface area contributed by atoms with Crippen molar-refractivity contribution in [3.8, 4) is 11.5 Å². The predicted octanol–water partition coefficient (Wildman–Crippen LogP) is 4.65. The van der Waals surface area contributed by atoms with Crippen molar-refractivity contribution < 1.29 is 22.1 Å². The number of benzene rings is 2. The number of nitrogens with zero attached hydrogens (tertiary/aromatic N) is 1. The predicted molar refractivity (Wildman–Crippen MR) is 118 cm³/mol. The monoisotopic (exact) mass is 434 g/mol. The maximum atomic E-state index is 13.1. The van der Waals surface area contributed by atoms with Gasteiger partial charge in [-0.15, -0.1) is 0 Å². The standard InChI is InChI=1S/C22H30N2O5S/c1-5-17(4)24(22(25)23-20-13-8-9-14-21(20)28-6-2)16-18-11-10-12-19(15-18)29-30(26,27)7-3/h8-15,17H,5-7,16H2,1-4H3,(H,23,25). The molecule has 7 nitrogen and oxygen atoms in total. The molecule has 0 aromatic heterocycles. The number of para-hydroxylation sites is 2. The molecule has 2 aromatic rings. The summed E-state index contributed by atoms with van der Waals surface area (Å²) in [4.78, 5) is 14.8. The molecule has 2 rings (SSSR count). The molecule has 1 N–H and O–H groups in total. The second-order valence-corrected chi connectivity index (χ2v) is 8.68. The number of nitrogens with one attached hydrogen (secondary N) is 1. The molecular formula is C22H30N2O5S. The lowest BCUT2D eigenvalue weighted by atomic mass is 10.1. The fourth-order valence-corrected chi connectivity index (χ4v) is 3.30. The van der Waals surface area contributed by atoms with E-state index in [1.165, 1.54) is 6.92 Å². The van der Waals surface area contributed by atoms with Gasteiger partial charge in [-0.05, 0) is 57.0 Å². The average molecular weight is 435 g/mol. The zero-order valence-corrected chi connectivity index (χ0v) is 18.7. The van der Waals surface area contributed by atoms with Gasteiger partial charge < -0.3 is 19.1 Å². The molecular weight excluding hydrogens is 404 g/mol. The Balaban J connectivity index is 2.22. The quantitative estimate of drug-likeness (QED) is 0.550. The number of carbonyl (C=O) groups excluding carboxylic acids is 1. The third kappa shape index (κ3) is 6.66. The number of anilines is 1. The van der Waals surface area contributed by atoms with Crippen molar-refractivity contribution in [3.05, 3.63) is 54.1 Å². The molecule has 0 aliphatic carbocycles. The van der Waals surface area contributed by atoms with Gasteiger partial charge in [0.2, 0.25) is 0 Å². The van der Waals surface area contributed by atoms with Gasteiger partial charge in [0.25, 0.3) is 0 Å². The second-order valence-electron chi connectivity index (χ2n) is 6.82. The molecule has 30 heavy (non-hydrogen) atoms. The van der Waals surface area contributed by atoms with Gasteiger partial charge >= 0.3 is 16.1 Å². The highest BCUT2D eigenvalue weighted by Crippen LogP contribution is 2.25. The maximum Gasteiger partial charge on any atom is 0.322 e. The van der Waals surface area contributed by atoms with Crippen molar-refractivity contribution >= 4 is 21.8 Å². The molecule has 0 heterocycles. The number of amides is 2. The Bertz CT molecular complexity index is 946. The molecule has 0 saturated heterocycles. The Hall–Kier alpha value is -2.74. The number of hydrogen-bond donors (Lipinski definition) is 1. The van der Waals surface area contributed by atoms with E-state index in [1.54, 1.807) is 29.2 Å². The molecule has 164 valence electrons. The number of carbonyl (C=O) groups is 1. The van der Waals surface area contributed by atoms with Gasteiger partial charge in [0.15, 0.2) is 0 Å². The fourth-order valence-electron chi connectivity index (χ4n) is 2.78. The van der Waals surface area contributed by atoms with E-state index in [4.69, 9.17) is 8.92 Å². The van der Waals surface area contributed by atoms with Crippen LogP contribution in [-0.4, -0.2) is 37.8 Å². The largest absolute Gasteiger partial charge is 0.492 e. The van der Waals surface area contributed by atoms with Crippen molar-refractivity contribution in [1.29, 1.82) is 0 Å². The minimum absolute atomic E-state index is 0.0341. The Morgan fingerprint density at radius 3 is 2.50 bits per heavy atom. The molecule has 8 heteroatoms. The first kappa shape index (κ1) is 23.5. The molecule has 0 radical (unpaired) electrons. The number of rotatable bonds is 10. The van der Waals surface area contributed by atoms with Crippen LogP contribution in [0.3, 0.4) is 0 Å². The lowest BCUT2D eigenvalue weighted by Gasteiger charge is -2.29. The van der Waals surface area contributed by atoms with Crippen LogP contribution in [-0.2, 0) is 16.7 Å². The zero-order valence-electron chi connectivity index (χ0n) is 17.9. The first-order valence-corrected chi connectivity index (χ1v) is 11.7. The topological polar surface area (TPSA) is 84.9 Å². The van der Waals surface area contributed by atoms with Gasteiger partial charge in [0.05, 0.1) is 18.0 Å². The minimum atomic E-state index is -3.61. The first-order chi connectivity index (χ1) is 14.3. The molecule has 0 saturated carbocycles. The lowest BCUT2D eigenvalue weighted by molar-refractivity contribution is 0.187. The van der Waals surface area contributed by atoms with Crippen molar-refractivity contribution in [1.82, 2.24) is 4.90 Å². The Kier molecular flexibility index (Phi) is 8.53. The summed E-state index contributed by atoms with van der Waals surface area (Å²) >= 11 is 0. The summed E-state index contributed by atoms with van der Waals surface area (Å²) in [6.45, 7) is 8.19. The summed E-state index contributed by atoms with van der Waals surface area (Å²) in [6.07, 6.45) is 0.765. The van der Waals surface area contributed by atoms with E-state index in [0.29, 0.717) is 24.6 Å². The van der Waals surface area contributed by atoms with E-state index in [2.05, 4.69) is 5.32 Å². The van der Waals surface area contributed by atoms with E-state index in [-0.39, 0.29) is 23.6 Å². The van der Waals surface area contributed by atoms with Crippen LogP contribution in [0.25, 0.3) is 0 Å². The molecule has 0 spiro atoms. The summed E-state index contributed by atoms with van der Waals surface area (Å²) < 4.78 is 34.2.